The third kappa shape index (κ3) is 4.76. The molecule has 1 aliphatic rings. The number of hydrogen-bond donors (Lipinski definition) is 0. The highest BCUT2D eigenvalue weighted by molar-refractivity contribution is 5.76. The minimum absolute atomic E-state index is 0.0299. The van der Waals surface area contributed by atoms with Crippen LogP contribution in [0.2, 0.25) is 0 Å². The van der Waals surface area contributed by atoms with Gasteiger partial charge >= 0.3 is 6.18 Å². The van der Waals surface area contributed by atoms with Gasteiger partial charge in [0.25, 0.3) is 5.89 Å². The maximum Gasteiger partial charge on any atom is 0.416 e. The van der Waals surface area contributed by atoms with E-state index in [4.69, 9.17) is 9.26 Å². The lowest BCUT2D eigenvalue weighted by atomic mass is 10.1. The van der Waals surface area contributed by atoms with Crippen LogP contribution in [0.3, 0.4) is 0 Å². The Kier molecular flexibility index (Phi) is 5.77. The lowest BCUT2D eigenvalue weighted by Gasteiger charge is -2.31. The van der Waals surface area contributed by atoms with Crippen LogP contribution in [0.1, 0.15) is 29.7 Å². The first-order valence-electron chi connectivity index (χ1n) is 9.70. The largest absolute Gasteiger partial charge is 0.416 e. The standard InChI is InChI=1S/C20H20F3N5O3/c1-13-5-7-24-28(13)8-6-17(29)27-9-10-30-16(12-27)19-25-18(26-31-19)14-3-2-4-15(11-14)20(21,22)23/h2-5,7,11,16H,6,8-10,12H2,1H3/t16-/m0/s1. The van der Waals surface area contributed by atoms with E-state index in [1.165, 1.54) is 12.1 Å². The molecule has 0 spiro atoms. The minimum atomic E-state index is -4.47. The molecule has 1 atom stereocenters. The summed E-state index contributed by atoms with van der Waals surface area (Å²) in [6.45, 7) is 3.33. The summed E-state index contributed by atoms with van der Waals surface area (Å²) in [7, 11) is 0. The molecule has 1 fully saturated rings. The van der Waals surface area contributed by atoms with Crippen molar-refractivity contribution in [2.75, 3.05) is 19.7 Å². The molecule has 1 saturated heterocycles. The molecule has 0 N–H and O–H groups in total. The summed E-state index contributed by atoms with van der Waals surface area (Å²) < 4.78 is 51.5. The molecule has 1 amide bonds. The molecule has 1 aromatic carbocycles. The first-order valence-corrected chi connectivity index (χ1v) is 9.70. The van der Waals surface area contributed by atoms with Crippen LogP contribution >= 0.6 is 0 Å². The van der Waals surface area contributed by atoms with Gasteiger partial charge < -0.3 is 14.2 Å². The van der Waals surface area contributed by atoms with Crippen LogP contribution in [0.4, 0.5) is 13.2 Å². The van der Waals surface area contributed by atoms with Gasteiger partial charge in [-0.05, 0) is 25.1 Å². The van der Waals surface area contributed by atoms with Gasteiger partial charge in [0.15, 0.2) is 6.10 Å². The Bertz CT molecular complexity index is 1060. The van der Waals surface area contributed by atoms with E-state index < -0.39 is 17.8 Å². The summed E-state index contributed by atoms with van der Waals surface area (Å²) >= 11 is 0. The summed E-state index contributed by atoms with van der Waals surface area (Å²) in [6.07, 6.45) is -3.14. The Balaban J connectivity index is 1.42. The molecule has 31 heavy (non-hydrogen) atoms. The van der Waals surface area contributed by atoms with Gasteiger partial charge in [-0.3, -0.25) is 9.48 Å². The lowest BCUT2D eigenvalue weighted by molar-refractivity contribution is -0.140. The van der Waals surface area contributed by atoms with Crippen LogP contribution in [0.15, 0.2) is 41.1 Å². The summed E-state index contributed by atoms with van der Waals surface area (Å²) in [6, 6.07) is 6.56. The van der Waals surface area contributed by atoms with Crippen molar-refractivity contribution in [1.82, 2.24) is 24.8 Å². The average molecular weight is 435 g/mol. The van der Waals surface area contributed by atoms with E-state index in [2.05, 4.69) is 15.2 Å². The number of alkyl halides is 3. The number of carbonyl (C=O) groups excluding carboxylic acids is 1. The number of aryl methyl sites for hydroxylation is 2. The topological polar surface area (TPSA) is 86.3 Å². The van der Waals surface area contributed by atoms with Crippen molar-refractivity contribution in [3.8, 4) is 11.4 Å². The van der Waals surface area contributed by atoms with Gasteiger partial charge in [0.05, 0.1) is 18.7 Å². The molecule has 3 heterocycles. The fraction of sp³-hybridized carbons (Fsp3) is 0.400. The summed E-state index contributed by atoms with van der Waals surface area (Å²) in [5.74, 6) is 0.0935. The zero-order valence-corrected chi connectivity index (χ0v) is 16.7. The van der Waals surface area contributed by atoms with Gasteiger partial charge in [-0.2, -0.15) is 23.3 Å². The third-order valence-corrected chi connectivity index (χ3v) is 5.05. The third-order valence-electron chi connectivity index (χ3n) is 5.05. The highest BCUT2D eigenvalue weighted by atomic mass is 19.4. The maximum atomic E-state index is 12.9. The first kappa shape index (κ1) is 21.0. The zero-order valence-electron chi connectivity index (χ0n) is 16.7. The number of hydrogen-bond acceptors (Lipinski definition) is 6. The monoisotopic (exact) mass is 435 g/mol. The summed E-state index contributed by atoms with van der Waals surface area (Å²) in [5.41, 5.74) is 0.359. The zero-order chi connectivity index (χ0) is 22.0. The van der Waals surface area contributed by atoms with E-state index in [0.29, 0.717) is 19.7 Å². The van der Waals surface area contributed by atoms with Crippen molar-refractivity contribution in [3.05, 3.63) is 53.7 Å². The molecule has 0 radical (unpaired) electrons. The molecule has 8 nitrogen and oxygen atoms in total. The smallest absolute Gasteiger partial charge is 0.365 e. The maximum absolute atomic E-state index is 12.9. The molecule has 1 aliphatic heterocycles. The highest BCUT2D eigenvalue weighted by Crippen LogP contribution is 2.32. The molecule has 3 aromatic rings. The van der Waals surface area contributed by atoms with Crippen molar-refractivity contribution >= 4 is 5.91 Å². The van der Waals surface area contributed by atoms with E-state index in [1.54, 1.807) is 15.8 Å². The molecule has 0 aliphatic carbocycles. The van der Waals surface area contributed by atoms with Crippen molar-refractivity contribution in [1.29, 1.82) is 0 Å². The average Bonchev–Trinajstić information content (AvgIpc) is 3.41. The van der Waals surface area contributed by atoms with Crippen molar-refractivity contribution < 1.29 is 27.2 Å². The Labute approximate surface area is 175 Å². The second-order valence-electron chi connectivity index (χ2n) is 7.18. The highest BCUT2D eigenvalue weighted by Gasteiger charge is 2.32. The Morgan fingerprint density at radius 3 is 2.87 bits per heavy atom. The molecule has 0 bridgehead atoms. The van der Waals surface area contributed by atoms with Crippen LogP contribution in [-0.2, 0) is 22.3 Å². The number of carbonyl (C=O) groups is 1. The number of aromatic nitrogens is 4. The molecule has 2 aromatic heterocycles. The molecule has 11 heteroatoms. The van der Waals surface area contributed by atoms with Crippen LogP contribution in [0.5, 0.6) is 0 Å². The SMILES string of the molecule is Cc1ccnn1CCC(=O)N1CCO[C@H](c2nc(-c3cccc(C(F)(F)F)c3)no2)C1. The van der Waals surface area contributed by atoms with Gasteiger partial charge in [0.1, 0.15) is 0 Å². The second kappa shape index (κ2) is 8.50. The van der Waals surface area contributed by atoms with E-state index in [-0.39, 0.29) is 36.2 Å². The van der Waals surface area contributed by atoms with Gasteiger partial charge in [0, 0.05) is 37.0 Å². The van der Waals surface area contributed by atoms with Crippen LogP contribution < -0.4 is 0 Å². The number of nitrogens with zero attached hydrogens (tertiary/aromatic N) is 5. The van der Waals surface area contributed by atoms with Crippen molar-refractivity contribution in [2.24, 2.45) is 0 Å². The number of ether oxygens (including phenoxy) is 1. The van der Waals surface area contributed by atoms with E-state index in [0.717, 1.165) is 17.8 Å². The lowest BCUT2D eigenvalue weighted by Crippen LogP contribution is -2.42. The molecule has 164 valence electrons. The molecule has 0 unspecified atom stereocenters. The van der Waals surface area contributed by atoms with Crippen molar-refractivity contribution in [3.63, 3.8) is 0 Å². The fourth-order valence-corrected chi connectivity index (χ4v) is 3.34. The Morgan fingerprint density at radius 1 is 1.29 bits per heavy atom. The number of rotatable bonds is 5. The molecular formula is C20H20F3N5O3. The molecular weight excluding hydrogens is 415 g/mol. The fourth-order valence-electron chi connectivity index (χ4n) is 3.34. The number of benzene rings is 1. The van der Waals surface area contributed by atoms with Gasteiger partial charge in [-0.1, -0.05) is 17.3 Å². The molecule has 0 saturated carbocycles. The summed E-state index contributed by atoms with van der Waals surface area (Å²) in [5, 5.41) is 7.95. The first-order chi connectivity index (χ1) is 14.8. The van der Waals surface area contributed by atoms with Crippen molar-refractivity contribution in [2.45, 2.75) is 32.2 Å². The Morgan fingerprint density at radius 2 is 2.13 bits per heavy atom. The number of amides is 1. The number of morpholine rings is 1. The normalized spacial score (nSPS) is 17.2. The van der Waals surface area contributed by atoms with Crippen LogP contribution in [0.25, 0.3) is 11.4 Å². The van der Waals surface area contributed by atoms with Crippen LogP contribution in [0, 0.1) is 6.92 Å². The van der Waals surface area contributed by atoms with E-state index >= 15 is 0 Å². The van der Waals surface area contributed by atoms with Gasteiger partial charge in [-0.25, -0.2) is 0 Å². The number of halogens is 3. The van der Waals surface area contributed by atoms with E-state index in [9.17, 15) is 18.0 Å². The quantitative estimate of drug-likeness (QED) is 0.612. The summed E-state index contributed by atoms with van der Waals surface area (Å²) in [4.78, 5) is 18.4. The minimum Gasteiger partial charge on any atom is -0.365 e. The predicted molar refractivity (Wildman–Crippen MR) is 102 cm³/mol. The van der Waals surface area contributed by atoms with E-state index in [1.807, 2.05) is 13.0 Å². The molecule has 4 rings (SSSR count). The van der Waals surface area contributed by atoms with Gasteiger partial charge in [0.2, 0.25) is 11.7 Å². The Hall–Kier alpha value is -3.21. The van der Waals surface area contributed by atoms with Crippen LogP contribution in [-0.4, -0.2) is 50.4 Å². The van der Waals surface area contributed by atoms with Gasteiger partial charge in [-0.15, -0.1) is 0 Å². The predicted octanol–water partition coefficient (Wildman–Crippen LogP) is 3.25. The second-order valence-corrected chi connectivity index (χ2v) is 7.18.